The standard InChI is InChI=1S/C16H17BrN2O/c1-11-7-6-8-12(17)14(11)15(20)19-16(2,3)13-9-4-5-10-18-13/h4-10H,1-3H3,(H,19,20). The van der Waals surface area contributed by atoms with E-state index in [0.29, 0.717) is 5.56 Å². The van der Waals surface area contributed by atoms with Gasteiger partial charge in [-0.05, 0) is 60.5 Å². The Labute approximate surface area is 127 Å². The van der Waals surface area contributed by atoms with Gasteiger partial charge in [-0.1, -0.05) is 18.2 Å². The van der Waals surface area contributed by atoms with E-state index >= 15 is 0 Å². The van der Waals surface area contributed by atoms with Crippen LogP contribution in [0.2, 0.25) is 0 Å². The first-order chi connectivity index (χ1) is 9.42. The van der Waals surface area contributed by atoms with Gasteiger partial charge in [-0.3, -0.25) is 9.78 Å². The maximum atomic E-state index is 12.5. The van der Waals surface area contributed by atoms with E-state index in [-0.39, 0.29) is 5.91 Å². The Balaban J connectivity index is 2.28. The molecule has 104 valence electrons. The van der Waals surface area contributed by atoms with Gasteiger partial charge in [0.2, 0.25) is 0 Å². The number of benzene rings is 1. The lowest BCUT2D eigenvalue weighted by atomic mass is 9.98. The van der Waals surface area contributed by atoms with E-state index in [2.05, 4.69) is 26.2 Å². The normalized spacial score (nSPS) is 11.2. The van der Waals surface area contributed by atoms with Crippen molar-refractivity contribution in [3.05, 3.63) is 63.9 Å². The quantitative estimate of drug-likeness (QED) is 0.928. The molecule has 3 nitrogen and oxygen atoms in total. The summed E-state index contributed by atoms with van der Waals surface area (Å²) in [5.41, 5.74) is 1.91. The maximum absolute atomic E-state index is 12.5. The van der Waals surface area contributed by atoms with Gasteiger partial charge in [0, 0.05) is 10.7 Å². The molecule has 0 saturated carbocycles. The van der Waals surface area contributed by atoms with Crippen LogP contribution in [0.15, 0.2) is 47.1 Å². The predicted octanol–water partition coefficient (Wildman–Crippen LogP) is 3.82. The van der Waals surface area contributed by atoms with Crippen LogP contribution in [0.3, 0.4) is 0 Å². The summed E-state index contributed by atoms with van der Waals surface area (Å²) in [6.07, 6.45) is 1.73. The number of hydrogen-bond acceptors (Lipinski definition) is 2. The smallest absolute Gasteiger partial charge is 0.253 e. The lowest BCUT2D eigenvalue weighted by Crippen LogP contribution is -2.42. The summed E-state index contributed by atoms with van der Waals surface area (Å²) in [5, 5.41) is 3.04. The third-order valence-electron chi connectivity index (χ3n) is 3.18. The van der Waals surface area contributed by atoms with Gasteiger partial charge in [0.05, 0.1) is 16.8 Å². The number of aryl methyl sites for hydroxylation is 1. The van der Waals surface area contributed by atoms with E-state index < -0.39 is 5.54 Å². The number of nitrogens with one attached hydrogen (secondary N) is 1. The molecule has 1 N–H and O–H groups in total. The molecule has 0 aliphatic rings. The summed E-state index contributed by atoms with van der Waals surface area (Å²) >= 11 is 3.44. The minimum atomic E-state index is -0.528. The first kappa shape index (κ1) is 14.7. The van der Waals surface area contributed by atoms with Crippen LogP contribution in [-0.4, -0.2) is 10.9 Å². The van der Waals surface area contributed by atoms with Crippen molar-refractivity contribution in [2.75, 3.05) is 0 Å². The molecule has 0 aliphatic carbocycles. The molecule has 1 aromatic heterocycles. The number of halogens is 1. The Kier molecular flexibility index (Phi) is 4.23. The molecule has 1 heterocycles. The molecule has 0 atom stereocenters. The zero-order chi connectivity index (χ0) is 14.8. The minimum absolute atomic E-state index is 0.106. The highest BCUT2D eigenvalue weighted by molar-refractivity contribution is 9.10. The van der Waals surface area contributed by atoms with E-state index in [1.807, 2.05) is 57.2 Å². The molecule has 0 saturated heterocycles. The average Bonchev–Trinajstić information content (AvgIpc) is 2.39. The molecule has 1 amide bonds. The van der Waals surface area contributed by atoms with Crippen molar-refractivity contribution < 1.29 is 4.79 Å². The van der Waals surface area contributed by atoms with Gasteiger partial charge in [-0.15, -0.1) is 0 Å². The van der Waals surface area contributed by atoms with Crippen molar-refractivity contribution in [2.45, 2.75) is 26.3 Å². The molecule has 0 bridgehead atoms. The van der Waals surface area contributed by atoms with Gasteiger partial charge in [0.1, 0.15) is 0 Å². The van der Waals surface area contributed by atoms with Crippen molar-refractivity contribution in [2.24, 2.45) is 0 Å². The first-order valence-electron chi connectivity index (χ1n) is 6.41. The van der Waals surface area contributed by atoms with Gasteiger partial charge >= 0.3 is 0 Å². The molecule has 2 aromatic rings. The van der Waals surface area contributed by atoms with E-state index in [0.717, 1.165) is 15.7 Å². The van der Waals surface area contributed by atoms with Crippen LogP contribution in [0.5, 0.6) is 0 Å². The molecular weight excluding hydrogens is 316 g/mol. The zero-order valence-corrected chi connectivity index (χ0v) is 13.4. The molecule has 1 aromatic carbocycles. The summed E-state index contributed by atoms with van der Waals surface area (Å²) in [7, 11) is 0. The van der Waals surface area contributed by atoms with E-state index in [4.69, 9.17) is 0 Å². The summed E-state index contributed by atoms with van der Waals surface area (Å²) in [5.74, 6) is -0.106. The number of carbonyl (C=O) groups is 1. The summed E-state index contributed by atoms with van der Waals surface area (Å²) < 4.78 is 0.798. The summed E-state index contributed by atoms with van der Waals surface area (Å²) in [4.78, 5) is 16.8. The predicted molar refractivity (Wildman–Crippen MR) is 83.6 cm³/mol. The number of nitrogens with zero attached hydrogens (tertiary/aromatic N) is 1. The van der Waals surface area contributed by atoms with Crippen molar-refractivity contribution in [3.63, 3.8) is 0 Å². The number of pyridine rings is 1. The van der Waals surface area contributed by atoms with Crippen LogP contribution >= 0.6 is 15.9 Å². The van der Waals surface area contributed by atoms with Crippen LogP contribution in [0.25, 0.3) is 0 Å². The van der Waals surface area contributed by atoms with Crippen molar-refractivity contribution in [3.8, 4) is 0 Å². The molecule has 20 heavy (non-hydrogen) atoms. The lowest BCUT2D eigenvalue weighted by molar-refractivity contribution is 0.0909. The second-order valence-electron chi connectivity index (χ2n) is 5.23. The average molecular weight is 333 g/mol. The fourth-order valence-electron chi connectivity index (χ4n) is 2.06. The summed E-state index contributed by atoms with van der Waals surface area (Å²) in [6, 6.07) is 11.4. The van der Waals surface area contributed by atoms with Crippen molar-refractivity contribution in [1.82, 2.24) is 10.3 Å². The van der Waals surface area contributed by atoms with Crippen LogP contribution in [0.4, 0.5) is 0 Å². The van der Waals surface area contributed by atoms with E-state index in [1.165, 1.54) is 0 Å². The third kappa shape index (κ3) is 3.07. The molecule has 2 rings (SSSR count). The lowest BCUT2D eigenvalue weighted by Gasteiger charge is -2.26. The van der Waals surface area contributed by atoms with Gasteiger partial charge in [-0.25, -0.2) is 0 Å². The van der Waals surface area contributed by atoms with Crippen LogP contribution < -0.4 is 5.32 Å². The van der Waals surface area contributed by atoms with Gasteiger partial charge < -0.3 is 5.32 Å². The molecular formula is C16H17BrN2O. The topological polar surface area (TPSA) is 42.0 Å². The Bertz CT molecular complexity index is 603. The highest BCUT2D eigenvalue weighted by atomic mass is 79.9. The van der Waals surface area contributed by atoms with Gasteiger partial charge in [-0.2, -0.15) is 0 Å². The highest BCUT2D eigenvalue weighted by Gasteiger charge is 2.26. The molecule has 0 fully saturated rings. The highest BCUT2D eigenvalue weighted by Crippen LogP contribution is 2.23. The fourth-order valence-corrected chi connectivity index (χ4v) is 2.71. The molecule has 0 aliphatic heterocycles. The Morgan fingerprint density at radius 3 is 2.55 bits per heavy atom. The largest absolute Gasteiger partial charge is 0.341 e. The number of hydrogen-bond donors (Lipinski definition) is 1. The van der Waals surface area contributed by atoms with Crippen LogP contribution in [-0.2, 0) is 5.54 Å². The van der Waals surface area contributed by atoms with Crippen molar-refractivity contribution >= 4 is 21.8 Å². The Morgan fingerprint density at radius 2 is 1.95 bits per heavy atom. The Morgan fingerprint density at radius 1 is 1.20 bits per heavy atom. The summed E-state index contributed by atoms with van der Waals surface area (Å²) in [6.45, 7) is 5.81. The minimum Gasteiger partial charge on any atom is -0.341 e. The molecule has 0 radical (unpaired) electrons. The van der Waals surface area contributed by atoms with Crippen molar-refractivity contribution in [1.29, 1.82) is 0 Å². The third-order valence-corrected chi connectivity index (χ3v) is 3.84. The number of aromatic nitrogens is 1. The van der Waals surface area contributed by atoms with Gasteiger partial charge in [0.15, 0.2) is 0 Å². The fraction of sp³-hybridized carbons (Fsp3) is 0.250. The van der Waals surface area contributed by atoms with E-state index in [1.54, 1.807) is 6.20 Å². The molecule has 0 unspecified atom stereocenters. The first-order valence-corrected chi connectivity index (χ1v) is 7.20. The molecule has 0 spiro atoms. The second-order valence-corrected chi connectivity index (χ2v) is 6.08. The Hall–Kier alpha value is -1.68. The zero-order valence-electron chi connectivity index (χ0n) is 11.8. The van der Waals surface area contributed by atoms with Crippen LogP contribution in [0.1, 0.15) is 35.5 Å². The van der Waals surface area contributed by atoms with Crippen LogP contribution in [0, 0.1) is 6.92 Å². The number of carbonyl (C=O) groups excluding carboxylic acids is 1. The second kappa shape index (κ2) is 5.75. The van der Waals surface area contributed by atoms with Gasteiger partial charge in [0.25, 0.3) is 5.91 Å². The maximum Gasteiger partial charge on any atom is 0.253 e. The van der Waals surface area contributed by atoms with E-state index in [9.17, 15) is 4.79 Å². The molecule has 4 heteroatoms. The number of amides is 1. The SMILES string of the molecule is Cc1cccc(Br)c1C(=O)NC(C)(C)c1ccccn1. The monoisotopic (exact) mass is 332 g/mol. The number of rotatable bonds is 3.